The maximum Gasteiger partial charge on any atom is 0.307 e. The van der Waals surface area contributed by atoms with Gasteiger partial charge in [0.1, 0.15) is 5.82 Å². The van der Waals surface area contributed by atoms with Crippen molar-refractivity contribution in [1.29, 1.82) is 0 Å². The van der Waals surface area contributed by atoms with Crippen LogP contribution in [0.3, 0.4) is 0 Å². The summed E-state index contributed by atoms with van der Waals surface area (Å²) < 4.78 is 13.7. The molecule has 1 N–H and O–H groups in total. The Balaban J connectivity index is 2.41. The Bertz CT molecular complexity index is 456. The molecule has 1 aromatic carbocycles. The lowest BCUT2D eigenvalue weighted by molar-refractivity contribution is -0.139. The molecular formula is C12H12ClFO2. The molecule has 2 atom stereocenters. The summed E-state index contributed by atoms with van der Waals surface area (Å²) >= 11 is 5.68. The van der Waals surface area contributed by atoms with Crippen molar-refractivity contribution in [2.24, 2.45) is 11.3 Å². The summed E-state index contributed by atoms with van der Waals surface area (Å²) in [6.45, 7) is 3.66. The van der Waals surface area contributed by atoms with E-state index in [9.17, 15) is 9.18 Å². The molecule has 0 bridgehead atoms. The molecule has 4 heteroatoms. The zero-order chi connectivity index (χ0) is 12.1. The molecule has 2 nitrogen and oxygen atoms in total. The maximum absolute atomic E-state index is 13.7. The average molecular weight is 243 g/mol. The van der Waals surface area contributed by atoms with Crippen LogP contribution in [0.2, 0.25) is 5.02 Å². The molecule has 0 aromatic heterocycles. The highest BCUT2D eigenvalue weighted by atomic mass is 35.5. The summed E-state index contributed by atoms with van der Waals surface area (Å²) in [7, 11) is 0. The number of halogens is 2. The highest BCUT2D eigenvalue weighted by Crippen LogP contribution is 2.64. The van der Waals surface area contributed by atoms with Crippen molar-refractivity contribution in [2.45, 2.75) is 19.8 Å². The number of hydrogen-bond acceptors (Lipinski definition) is 1. The van der Waals surface area contributed by atoms with Gasteiger partial charge >= 0.3 is 5.97 Å². The molecule has 1 aliphatic rings. The molecule has 1 fully saturated rings. The summed E-state index contributed by atoms with van der Waals surface area (Å²) in [6, 6.07) is 4.72. The lowest BCUT2D eigenvalue weighted by Gasteiger charge is -2.05. The minimum Gasteiger partial charge on any atom is -0.481 e. The van der Waals surface area contributed by atoms with Gasteiger partial charge in [-0.05, 0) is 17.0 Å². The largest absolute Gasteiger partial charge is 0.481 e. The van der Waals surface area contributed by atoms with Crippen molar-refractivity contribution in [3.8, 4) is 0 Å². The monoisotopic (exact) mass is 242 g/mol. The molecule has 2 rings (SSSR count). The van der Waals surface area contributed by atoms with Gasteiger partial charge < -0.3 is 5.11 Å². The molecule has 0 saturated heterocycles. The van der Waals surface area contributed by atoms with Crippen LogP contribution in [0, 0.1) is 17.2 Å². The van der Waals surface area contributed by atoms with Crippen LogP contribution < -0.4 is 0 Å². The van der Waals surface area contributed by atoms with E-state index in [1.54, 1.807) is 12.1 Å². The van der Waals surface area contributed by atoms with E-state index in [4.69, 9.17) is 16.7 Å². The van der Waals surface area contributed by atoms with Gasteiger partial charge in [-0.2, -0.15) is 0 Å². The van der Waals surface area contributed by atoms with Crippen molar-refractivity contribution in [3.63, 3.8) is 0 Å². The van der Waals surface area contributed by atoms with E-state index < -0.39 is 23.1 Å². The Kier molecular flexibility index (Phi) is 2.46. The highest BCUT2D eigenvalue weighted by molar-refractivity contribution is 6.30. The predicted molar refractivity (Wildman–Crippen MR) is 59.1 cm³/mol. The second kappa shape index (κ2) is 3.45. The van der Waals surface area contributed by atoms with Crippen LogP contribution in [0.15, 0.2) is 18.2 Å². The summed E-state index contributed by atoms with van der Waals surface area (Å²) in [5.41, 5.74) is 0.00191. The first-order chi connectivity index (χ1) is 7.37. The Morgan fingerprint density at radius 3 is 2.62 bits per heavy atom. The third-order valence-electron chi connectivity index (χ3n) is 3.41. The van der Waals surface area contributed by atoms with Gasteiger partial charge in [0.2, 0.25) is 0 Å². The number of rotatable bonds is 2. The lowest BCUT2D eigenvalue weighted by Crippen LogP contribution is -2.03. The topological polar surface area (TPSA) is 37.3 Å². The number of benzene rings is 1. The van der Waals surface area contributed by atoms with Gasteiger partial charge in [0.05, 0.1) is 10.9 Å². The van der Waals surface area contributed by atoms with Crippen molar-refractivity contribution >= 4 is 17.6 Å². The SMILES string of the molecule is CC1(C)[C@H](C(=O)O)[C@H]1c1cccc(Cl)c1F. The standard InChI is InChI=1S/C12H12ClFO2/c1-12(2)8(9(12)11(15)16)6-4-3-5-7(13)10(6)14/h3-5,8-9H,1-2H3,(H,15,16)/t8-,9+/m1/s1. The average Bonchev–Trinajstić information content (AvgIpc) is 2.74. The van der Waals surface area contributed by atoms with Crippen LogP contribution >= 0.6 is 11.6 Å². The van der Waals surface area contributed by atoms with Gasteiger partial charge in [-0.1, -0.05) is 37.6 Å². The first kappa shape index (κ1) is 11.4. The van der Waals surface area contributed by atoms with Gasteiger partial charge in [0.25, 0.3) is 0 Å². The number of carboxylic acids is 1. The van der Waals surface area contributed by atoms with Crippen molar-refractivity contribution < 1.29 is 14.3 Å². The van der Waals surface area contributed by atoms with Gasteiger partial charge in [0, 0.05) is 5.92 Å². The van der Waals surface area contributed by atoms with Crippen molar-refractivity contribution in [1.82, 2.24) is 0 Å². The minimum atomic E-state index is -0.880. The predicted octanol–water partition coefficient (Wildman–Crippen LogP) is 3.30. The van der Waals surface area contributed by atoms with E-state index >= 15 is 0 Å². The van der Waals surface area contributed by atoms with Crippen molar-refractivity contribution in [3.05, 3.63) is 34.6 Å². The van der Waals surface area contributed by atoms with E-state index in [-0.39, 0.29) is 10.9 Å². The van der Waals surface area contributed by atoms with Crippen LogP contribution in [-0.2, 0) is 4.79 Å². The Hall–Kier alpha value is -1.09. The van der Waals surface area contributed by atoms with Crippen LogP contribution in [0.1, 0.15) is 25.3 Å². The fourth-order valence-electron chi connectivity index (χ4n) is 2.44. The number of carbonyl (C=O) groups is 1. The molecule has 0 spiro atoms. The fraction of sp³-hybridized carbons (Fsp3) is 0.417. The van der Waals surface area contributed by atoms with Crippen molar-refractivity contribution in [2.75, 3.05) is 0 Å². The quantitative estimate of drug-likeness (QED) is 0.864. The first-order valence-corrected chi connectivity index (χ1v) is 5.42. The van der Waals surface area contributed by atoms with E-state index in [2.05, 4.69) is 0 Å². The van der Waals surface area contributed by atoms with Crippen LogP contribution in [0.5, 0.6) is 0 Å². The van der Waals surface area contributed by atoms with E-state index in [1.807, 2.05) is 13.8 Å². The second-order valence-corrected chi connectivity index (χ2v) is 5.17. The summed E-state index contributed by atoms with van der Waals surface area (Å²) in [5, 5.41) is 9.07. The minimum absolute atomic E-state index is 0.0457. The van der Waals surface area contributed by atoms with Gasteiger partial charge in [-0.25, -0.2) is 4.39 Å². The first-order valence-electron chi connectivity index (χ1n) is 5.04. The smallest absolute Gasteiger partial charge is 0.307 e. The third kappa shape index (κ3) is 1.50. The number of aliphatic carboxylic acids is 1. The molecule has 0 unspecified atom stereocenters. The molecule has 0 radical (unpaired) electrons. The van der Waals surface area contributed by atoms with Crippen LogP contribution in [0.25, 0.3) is 0 Å². The van der Waals surface area contributed by atoms with Gasteiger partial charge in [-0.3, -0.25) is 4.79 Å². The zero-order valence-corrected chi connectivity index (χ0v) is 9.75. The molecule has 0 heterocycles. The molecule has 16 heavy (non-hydrogen) atoms. The number of hydrogen-bond donors (Lipinski definition) is 1. The van der Waals surface area contributed by atoms with Gasteiger partial charge in [-0.15, -0.1) is 0 Å². The zero-order valence-electron chi connectivity index (χ0n) is 9.00. The normalized spacial score (nSPS) is 26.5. The highest BCUT2D eigenvalue weighted by Gasteiger charge is 2.63. The summed E-state index contributed by atoms with van der Waals surface area (Å²) in [5.74, 6) is -2.19. The van der Waals surface area contributed by atoms with E-state index in [0.29, 0.717) is 5.56 Å². The molecule has 0 aliphatic heterocycles. The summed E-state index contributed by atoms with van der Waals surface area (Å²) in [6.07, 6.45) is 0. The van der Waals surface area contributed by atoms with E-state index in [1.165, 1.54) is 6.07 Å². The van der Waals surface area contributed by atoms with E-state index in [0.717, 1.165) is 0 Å². The molecule has 1 aliphatic carbocycles. The van der Waals surface area contributed by atoms with Crippen LogP contribution in [-0.4, -0.2) is 11.1 Å². The Morgan fingerprint density at radius 1 is 1.50 bits per heavy atom. The Morgan fingerprint density at radius 2 is 2.12 bits per heavy atom. The third-order valence-corrected chi connectivity index (χ3v) is 3.70. The lowest BCUT2D eigenvalue weighted by atomic mass is 10.0. The molecule has 0 amide bonds. The molecular weight excluding hydrogens is 231 g/mol. The summed E-state index contributed by atoms with van der Waals surface area (Å²) in [4.78, 5) is 11.0. The second-order valence-electron chi connectivity index (χ2n) is 4.76. The maximum atomic E-state index is 13.7. The molecule has 86 valence electrons. The number of carboxylic acid groups (broad SMARTS) is 1. The fourth-order valence-corrected chi connectivity index (χ4v) is 2.62. The molecule has 1 saturated carbocycles. The van der Waals surface area contributed by atoms with Crippen LogP contribution in [0.4, 0.5) is 4.39 Å². The Labute approximate surface area is 98.0 Å². The molecule has 1 aromatic rings. The van der Waals surface area contributed by atoms with Gasteiger partial charge in [0.15, 0.2) is 0 Å².